The molecule has 1 aliphatic heterocycles. The summed E-state index contributed by atoms with van der Waals surface area (Å²) in [6.07, 6.45) is 22.7. The molecule has 0 bridgehead atoms. The van der Waals surface area contributed by atoms with Crippen molar-refractivity contribution < 1.29 is 19.0 Å². The number of nitrogen functional groups attached to an aromatic ring is 1. The Labute approximate surface area is 225 Å². The number of unbranched alkanes of at least 4 members (excludes halogenated alkanes) is 11. The zero-order chi connectivity index (χ0) is 26.5. The molecule has 0 radical (unpaired) electrons. The minimum Gasteiger partial charge on any atom is -0.434 e. The second-order valence-corrected chi connectivity index (χ2v) is 10.2. The van der Waals surface area contributed by atoms with Gasteiger partial charge in [0.15, 0.2) is 5.60 Å². The minimum absolute atomic E-state index is 0.0606. The molecule has 0 spiro atoms. The number of hydrogen-bond acceptors (Lipinski definition) is 7. The second-order valence-electron chi connectivity index (χ2n) is 9.86. The number of nitrogens with two attached hydrogens (primary N) is 1. The molecule has 1 saturated heterocycles. The maximum atomic E-state index is 12.1. The quantitative estimate of drug-likeness (QED) is 0.105. The summed E-state index contributed by atoms with van der Waals surface area (Å²) in [6, 6.07) is 1.81. The summed E-state index contributed by atoms with van der Waals surface area (Å²) < 4.78 is 18.5. The summed E-state index contributed by atoms with van der Waals surface area (Å²) in [5.41, 5.74) is 5.48. The largest absolute Gasteiger partial charge is 0.508 e. The fourth-order valence-electron chi connectivity index (χ4n) is 4.76. The molecule has 204 valence electrons. The monoisotopic (exact) mass is 532 g/mol. The lowest BCUT2D eigenvalue weighted by Gasteiger charge is -2.23. The van der Waals surface area contributed by atoms with E-state index < -0.39 is 11.8 Å². The molecule has 2 atom stereocenters. The first kappa shape index (κ1) is 29.1. The second kappa shape index (κ2) is 15.0. The van der Waals surface area contributed by atoms with E-state index in [0.717, 1.165) is 12.8 Å². The van der Waals surface area contributed by atoms with Crippen molar-refractivity contribution in [2.24, 2.45) is 0 Å². The minimum atomic E-state index is -1.03. The van der Waals surface area contributed by atoms with Crippen molar-refractivity contribution in [1.29, 1.82) is 0 Å². The van der Waals surface area contributed by atoms with Gasteiger partial charge in [0.2, 0.25) is 5.28 Å². The Balaban J connectivity index is 1.29. The van der Waals surface area contributed by atoms with Gasteiger partial charge < -0.3 is 24.5 Å². The van der Waals surface area contributed by atoms with E-state index in [4.69, 9.17) is 38.0 Å². The highest BCUT2D eigenvalue weighted by molar-refractivity contribution is 6.28. The lowest BCUT2D eigenvalue weighted by molar-refractivity contribution is -0.0730. The molecule has 1 aliphatic rings. The van der Waals surface area contributed by atoms with Gasteiger partial charge in [0.1, 0.15) is 24.3 Å². The highest BCUT2D eigenvalue weighted by atomic mass is 35.5. The molecule has 1 unspecified atom stereocenters. The van der Waals surface area contributed by atoms with Gasteiger partial charge in [0.25, 0.3) is 0 Å². The van der Waals surface area contributed by atoms with Crippen LogP contribution in [0.5, 0.6) is 0 Å². The number of rotatable bonds is 16. The number of nitrogens with zero attached hydrogens (tertiary/aromatic N) is 3. The Morgan fingerprint density at radius 1 is 1.14 bits per heavy atom. The van der Waals surface area contributed by atoms with E-state index >= 15 is 0 Å². The highest BCUT2D eigenvalue weighted by Crippen LogP contribution is 2.38. The van der Waals surface area contributed by atoms with Crippen LogP contribution in [0, 0.1) is 12.3 Å². The molecule has 0 amide bonds. The Morgan fingerprint density at radius 3 is 2.43 bits per heavy atom. The number of carbonyl (C=O) groups is 1. The van der Waals surface area contributed by atoms with Crippen LogP contribution in [-0.2, 0) is 14.2 Å². The van der Waals surface area contributed by atoms with E-state index in [1.54, 1.807) is 0 Å². The van der Waals surface area contributed by atoms with Crippen LogP contribution >= 0.6 is 11.6 Å². The summed E-state index contributed by atoms with van der Waals surface area (Å²) in [5, 5.41) is 0.745. The molecule has 0 saturated carbocycles. The first-order valence-electron chi connectivity index (χ1n) is 13.7. The average Bonchev–Trinajstić information content (AvgIpc) is 3.50. The average molecular weight is 533 g/mol. The van der Waals surface area contributed by atoms with Crippen LogP contribution in [0.2, 0.25) is 5.28 Å². The van der Waals surface area contributed by atoms with Crippen LogP contribution in [0.25, 0.3) is 11.0 Å². The number of carbonyl (C=O) groups excluding carboxylic acids is 1. The third kappa shape index (κ3) is 8.79. The van der Waals surface area contributed by atoms with E-state index in [1.807, 2.05) is 16.8 Å². The highest BCUT2D eigenvalue weighted by Gasteiger charge is 2.41. The Bertz CT molecular complexity index is 1040. The van der Waals surface area contributed by atoms with Crippen LogP contribution < -0.4 is 5.73 Å². The van der Waals surface area contributed by atoms with Crippen LogP contribution in [0.3, 0.4) is 0 Å². The summed E-state index contributed by atoms with van der Waals surface area (Å²) >= 11 is 5.98. The third-order valence-corrected chi connectivity index (χ3v) is 7.11. The van der Waals surface area contributed by atoms with Crippen molar-refractivity contribution in [3.05, 3.63) is 17.5 Å². The molecule has 37 heavy (non-hydrogen) atoms. The van der Waals surface area contributed by atoms with Gasteiger partial charge in [-0.25, -0.2) is 9.78 Å². The van der Waals surface area contributed by atoms with Crippen molar-refractivity contribution in [3.63, 3.8) is 0 Å². The van der Waals surface area contributed by atoms with E-state index in [2.05, 4.69) is 22.8 Å². The van der Waals surface area contributed by atoms with Crippen LogP contribution in [0.15, 0.2) is 12.3 Å². The van der Waals surface area contributed by atoms with Crippen molar-refractivity contribution in [2.45, 2.75) is 109 Å². The zero-order valence-corrected chi connectivity index (χ0v) is 22.8. The fourth-order valence-corrected chi connectivity index (χ4v) is 4.93. The first-order valence-corrected chi connectivity index (χ1v) is 14.1. The van der Waals surface area contributed by atoms with E-state index in [1.165, 1.54) is 64.2 Å². The standard InChI is InChI=1S/C28H41ClN4O4/c1-3-5-6-7-8-9-10-11-12-13-14-15-20-35-27(34)36-21-28(4-2)18-16-23(37-28)33-19-17-22-24(30)31-26(29)32-25(22)33/h2,17,19,23H,3,5-16,18,20-21H2,1H3,(H2,30,31,32)/t23?,28-/m0/s1. The molecule has 8 nitrogen and oxygen atoms in total. The number of ether oxygens (including phenoxy) is 3. The Hall–Kier alpha value is -2.50. The van der Waals surface area contributed by atoms with E-state index in [9.17, 15) is 4.79 Å². The molecular weight excluding hydrogens is 492 g/mol. The number of terminal acetylenes is 1. The van der Waals surface area contributed by atoms with Gasteiger partial charge in [-0.2, -0.15) is 4.98 Å². The number of hydrogen-bond donors (Lipinski definition) is 1. The van der Waals surface area contributed by atoms with Crippen LogP contribution in [0.1, 0.15) is 103 Å². The molecule has 2 N–H and O–H groups in total. The number of fused-ring (bicyclic) bond motifs is 1. The molecule has 0 aliphatic carbocycles. The van der Waals surface area contributed by atoms with Gasteiger partial charge in [0, 0.05) is 6.20 Å². The molecule has 2 aromatic rings. The van der Waals surface area contributed by atoms with Crippen molar-refractivity contribution in [1.82, 2.24) is 14.5 Å². The van der Waals surface area contributed by atoms with E-state index in [0.29, 0.717) is 36.3 Å². The van der Waals surface area contributed by atoms with Crippen LogP contribution in [-0.4, -0.2) is 39.5 Å². The molecule has 2 aromatic heterocycles. The number of halogens is 1. The predicted octanol–water partition coefficient (Wildman–Crippen LogP) is 7.20. The third-order valence-electron chi connectivity index (χ3n) is 6.95. The molecule has 3 heterocycles. The van der Waals surface area contributed by atoms with Gasteiger partial charge in [-0.1, -0.05) is 83.5 Å². The SMILES string of the molecule is C#C[C@@]1(COC(=O)OCCCCCCCCCCCCCC)CCC(n2ccc3c(N)nc(Cl)nc32)O1. The van der Waals surface area contributed by atoms with Gasteiger partial charge in [-0.05, 0) is 36.9 Å². The molecule has 3 rings (SSSR count). The number of aromatic nitrogens is 3. The Morgan fingerprint density at radius 2 is 1.78 bits per heavy atom. The summed E-state index contributed by atoms with van der Waals surface area (Å²) in [7, 11) is 0. The van der Waals surface area contributed by atoms with Crippen molar-refractivity contribution in [2.75, 3.05) is 18.9 Å². The fraction of sp³-hybridized carbons (Fsp3) is 0.679. The molecular formula is C28H41ClN4O4. The normalized spacial score (nSPS) is 19.2. The zero-order valence-electron chi connectivity index (χ0n) is 22.1. The van der Waals surface area contributed by atoms with Gasteiger partial charge in [-0.3, -0.25) is 0 Å². The van der Waals surface area contributed by atoms with Gasteiger partial charge in [0.05, 0.1) is 12.0 Å². The van der Waals surface area contributed by atoms with Crippen molar-refractivity contribution in [3.8, 4) is 12.3 Å². The molecule has 1 fully saturated rings. The number of anilines is 1. The van der Waals surface area contributed by atoms with Crippen LogP contribution in [0.4, 0.5) is 10.6 Å². The van der Waals surface area contributed by atoms with Gasteiger partial charge in [-0.15, -0.1) is 6.42 Å². The molecule has 9 heteroatoms. The van der Waals surface area contributed by atoms with Crippen molar-refractivity contribution >= 4 is 34.6 Å². The van der Waals surface area contributed by atoms with E-state index in [-0.39, 0.29) is 18.1 Å². The summed E-state index contributed by atoms with van der Waals surface area (Å²) in [6.45, 7) is 2.52. The predicted molar refractivity (Wildman–Crippen MR) is 146 cm³/mol. The topological polar surface area (TPSA) is 101 Å². The summed E-state index contributed by atoms with van der Waals surface area (Å²) in [5.74, 6) is 2.96. The Kier molecular flexibility index (Phi) is 11.8. The smallest absolute Gasteiger partial charge is 0.434 e. The van der Waals surface area contributed by atoms with Gasteiger partial charge >= 0.3 is 6.16 Å². The molecule has 0 aromatic carbocycles. The maximum Gasteiger partial charge on any atom is 0.508 e. The lowest BCUT2D eigenvalue weighted by Crippen LogP contribution is -2.34. The lowest BCUT2D eigenvalue weighted by atomic mass is 10.0. The summed E-state index contributed by atoms with van der Waals surface area (Å²) in [4.78, 5) is 20.4. The maximum absolute atomic E-state index is 12.1. The first-order chi connectivity index (χ1) is 18.0.